The van der Waals surface area contributed by atoms with Crippen LogP contribution in [0.25, 0.3) is 0 Å². The lowest BCUT2D eigenvalue weighted by molar-refractivity contribution is 0.0696. The third-order valence-corrected chi connectivity index (χ3v) is 1.09. The molecule has 3 nitrogen and oxygen atoms in total. The number of phenols is 1. The molecule has 0 aliphatic carbocycles. The van der Waals surface area contributed by atoms with Crippen molar-refractivity contribution in [2.75, 3.05) is 0 Å². The summed E-state index contributed by atoms with van der Waals surface area (Å²) in [5.74, 6) is -1.06. The lowest BCUT2D eigenvalue weighted by atomic mass is 10.2. The minimum Gasteiger partial charge on any atom is -0.508 e. The van der Waals surface area contributed by atoms with Crippen LogP contribution in [0.1, 0.15) is 10.4 Å². The van der Waals surface area contributed by atoms with Crippen molar-refractivity contribution in [1.29, 1.82) is 0 Å². The number of carboxylic acid groups (broad SMARTS) is 1. The van der Waals surface area contributed by atoms with Gasteiger partial charge in [-0.15, -0.1) is 0 Å². The molecule has 0 spiro atoms. The Bertz CT molecular complexity index is 260. The van der Waals surface area contributed by atoms with Crippen LogP contribution in [0.2, 0.25) is 0 Å². The Labute approximate surface area is 74.4 Å². The summed E-state index contributed by atoms with van der Waals surface area (Å²) >= 11 is 0. The van der Waals surface area contributed by atoms with Gasteiger partial charge in [0.05, 0.1) is 5.56 Å². The molecule has 0 aliphatic rings. The average Bonchev–Trinajstić information content (AvgIpc) is 1.88. The van der Waals surface area contributed by atoms with Crippen molar-refractivity contribution in [3.05, 3.63) is 29.8 Å². The maximum absolute atomic E-state index is 10.2. The first-order valence-electron chi connectivity index (χ1n) is 2.72. The zero-order valence-electron chi connectivity index (χ0n) is 5.69. The number of aromatic hydroxyl groups is 1. The molecule has 1 rings (SSSR count). The Balaban J connectivity index is 0.000001000. The highest BCUT2D eigenvalue weighted by Crippen LogP contribution is 2.09. The molecule has 0 saturated heterocycles. The number of phenolic OH excluding ortho intramolecular Hbond substituents is 1. The van der Waals surface area contributed by atoms with Crippen molar-refractivity contribution < 1.29 is 15.0 Å². The lowest BCUT2D eigenvalue weighted by Crippen LogP contribution is -1.94. The number of carbonyl (C=O) groups is 1. The summed E-state index contributed by atoms with van der Waals surface area (Å²) in [6, 6.07) is 5.52. The number of rotatable bonds is 1. The van der Waals surface area contributed by atoms with Crippen LogP contribution in [0.3, 0.4) is 0 Å². The van der Waals surface area contributed by atoms with Gasteiger partial charge >= 0.3 is 5.97 Å². The van der Waals surface area contributed by atoms with Gasteiger partial charge in [-0.05, 0) is 18.2 Å². The van der Waals surface area contributed by atoms with E-state index in [1.807, 2.05) is 0 Å². The zero-order valence-corrected chi connectivity index (χ0v) is 6.84. The average molecular weight is 165 g/mol. The number of benzene rings is 1. The normalized spacial score (nSPS) is 8.36. The van der Waals surface area contributed by atoms with E-state index in [4.69, 9.17) is 10.2 Å². The van der Waals surface area contributed by atoms with E-state index in [2.05, 4.69) is 0 Å². The van der Waals surface area contributed by atoms with Crippen LogP contribution in [-0.4, -0.2) is 33.5 Å². The zero-order chi connectivity index (χ0) is 7.56. The van der Waals surface area contributed by atoms with Gasteiger partial charge in [-0.3, -0.25) is 0 Å². The van der Waals surface area contributed by atoms with Gasteiger partial charge in [-0.25, -0.2) is 4.79 Å². The van der Waals surface area contributed by atoms with Gasteiger partial charge in [0.15, 0.2) is 0 Å². The van der Waals surface area contributed by atoms with E-state index < -0.39 is 5.97 Å². The molecule has 0 fully saturated rings. The minimum absolute atomic E-state index is 0. The van der Waals surface area contributed by atoms with Crippen LogP contribution in [-0.2, 0) is 0 Å². The second-order valence-electron chi connectivity index (χ2n) is 1.86. The molecule has 55 valence electrons. The molecule has 0 bridgehead atoms. The monoisotopic (exact) mass is 165 g/mol. The summed E-state index contributed by atoms with van der Waals surface area (Å²) in [7, 11) is 0. The summed E-state index contributed by atoms with van der Waals surface area (Å²) in [6.45, 7) is 0. The van der Waals surface area contributed by atoms with Crippen molar-refractivity contribution >= 4 is 23.3 Å². The van der Waals surface area contributed by atoms with Crippen LogP contribution >= 0.6 is 0 Å². The van der Waals surface area contributed by atoms with Crippen LogP contribution in [0.4, 0.5) is 0 Å². The summed E-state index contributed by atoms with van der Waals surface area (Å²) < 4.78 is 0. The van der Waals surface area contributed by atoms with E-state index in [1.165, 1.54) is 24.3 Å². The van der Waals surface area contributed by atoms with Gasteiger partial charge in [0.2, 0.25) is 0 Å². The van der Waals surface area contributed by atoms with Crippen LogP contribution in [0.5, 0.6) is 5.75 Å². The number of aromatic carboxylic acids is 1. The molecular formula is C7H6AlO3. The molecule has 0 amide bonds. The van der Waals surface area contributed by atoms with Gasteiger partial charge in [-0.2, -0.15) is 0 Å². The Morgan fingerprint density at radius 3 is 2.36 bits per heavy atom. The molecule has 0 aromatic heterocycles. The van der Waals surface area contributed by atoms with Crippen molar-refractivity contribution in [2.45, 2.75) is 0 Å². The fraction of sp³-hybridized carbons (Fsp3) is 0. The molecule has 4 heteroatoms. The predicted molar refractivity (Wildman–Crippen MR) is 40.8 cm³/mol. The Kier molecular flexibility index (Phi) is 3.66. The molecule has 2 N–H and O–H groups in total. The first-order valence-corrected chi connectivity index (χ1v) is 2.72. The molecule has 0 atom stereocenters. The number of hydrogen-bond acceptors (Lipinski definition) is 2. The van der Waals surface area contributed by atoms with Crippen molar-refractivity contribution in [1.82, 2.24) is 0 Å². The Morgan fingerprint density at radius 1 is 1.36 bits per heavy atom. The minimum atomic E-state index is -1.03. The molecular weight excluding hydrogens is 159 g/mol. The van der Waals surface area contributed by atoms with Gasteiger partial charge in [0.25, 0.3) is 0 Å². The van der Waals surface area contributed by atoms with E-state index in [-0.39, 0.29) is 28.7 Å². The third kappa shape index (κ3) is 2.62. The first-order chi connectivity index (χ1) is 4.70. The van der Waals surface area contributed by atoms with Crippen LogP contribution < -0.4 is 0 Å². The molecule has 11 heavy (non-hydrogen) atoms. The van der Waals surface area contributed by atoms with E-state index in [1.54, 1.807) is 0 Å². The number of hydrogen-bond donors (Lipinski definition) is 2. The maximum atomic E-state index is 10.2. The third-order valence-electron chi connectivity index (χ3n) is 1.09. The van der Waals surface area contributed by atoms with Crippen LogP contribution in [0.15, 0.2) is 24.3 Å². The van der Waals surface area contributed by atoms with E-state index in [0.29, 0.717) is 0 Å². The van der Waals surface area contributed by atoms with Gasteiger partial charge < -0.3 is 10.2 Å². The first kappa shape index (κ1) is 10.0. The quantitative estimate of drug-likeness (QED) is 0.602. The van der Waals surface area contributed by atoms with E-state index >= 15 is 0 Å². The SMILES string of the molecule is O=C(O)c1cccc(O)c1.[Al]. The van der Waals surface area contributed by atoms with Crippen molar-refractivity contribution in [3.8, 4) is 5.75 Å². The van der Waals surface area contributed by atoms with Crippen molar-refractivity contribution in [2.24, 2.45) is 0 Å². The van der Waals surface area contributed by atoms with Gasteiger partial charge in [0.1, 0.15) is 5.75 Å². The summed E-state index contributed by atoms with van der Waals surface area (Å²) in [4.78, 5) is 10.2. The fourth-order valence-electron chi connectivity index (χ4n) is 0.639. The standard InChI is InChI=1S/C7H6O3.Al/c8-6-3-1-2-5(4-6)7(9)10;/h1-4,8H,(H,9,10);. The maximum Gasteiger partial charge on any atom is 0.335 e. The largest absolute Gasteiger partial charge is 0.508 e. The summed E-state index contributed by atoms with van der Waals surface area (Å²) in [5.41, 5.74) is 0.0972. The molecule has 0 aliphatic heterocycles. The topological polar surface area (TPSA) is 57.5 Å². The molecule has 0 saturated carbocycles. The summed E-state index contributed by atoms with van der Waals surface area (Å²) in [5, 5.41) is 17.2. The molecule has 1 aromatic carbocycles. The second-order valence-corrected chi connectivity index (χ2v) is 1.86. The van der Waals surface area contributed by atoms with Gasteiger partial charge in [0, 0.05) is 17.4 Å². The lowest BCUT2D eigenvalue weighted by Gasteiger charge is -1.92. The van der Waals surface area contributed by atoms with E-state index in [0.717, 1.165) is 0 Å². The molecule has 0 heterocycles. The van der Waals surface area contributed by atoms with Gasteiger partial charge in [-0.1, -0.05) is 6.07 Å². The highest BCUT2D eigenvalue weighted by molar-refractivity contribution is 5.87. The number of carboxylic acids is 1. The fourth-order valence-corrected chi connectivity index (χ4v) is 0.639. The highest BCUT2D eigenvalue weighted by Gasteiger charge is 2.00. The Morgan fingerprint density at radius 2 is 2.00 bits per heavy atom. The molecule has 0 unspecified atom stereocenters. The highest BCUT2D eigenvalue weighted by atomic mass is 27.0. The van der Waals surface area contributed by atoms with E-state index in [9.17, 15) is 4.79 Å². The van der Waals surface area contributed by atoms with Crippen molar-refractivity contribution in [3.63, 3.8) is 0 Å². The second kappa shape index (κ2) is 4.02. The molecule has 1 aromatic rings. The molecule has 3 radical (unpaired) electrons. The predicted octanol–water partition coefficient (Wildman–Crippen LogP) is 0.710. The smallest absolute Gasteiger partial charge is 0.335 e. The Hall–Kier alpha value is -0.978. The summed E-state index contributed by atoms with van der Waals surface area (Å²) in [6.07, 6.45) is 0. The van der Waals surface area contributed by atoms with Crippen LogP contribution in [0, 0.1) is 0 Å².